The Morgan fingerprint density at radius 1 is 1.00 bits per heavy atom. The summed E-state index contributed by atoms with van der Waals surface area (Å²) >= 11 is 1.33. The number of hydrogen-bond donors (Lipinski definition) is 2. The maximum Gasteiger partial charge on any atom is 0.332 e. The Morgan fingerprint density at radius 2 is 1.78 bits per heavy atom. The third-order valence-corrected chi connectivity index (χ3v) is 8.24. The van der Waals surface area contributed by atoms with Crippen molar-refractivity contribution in [2.24, 2.45) is 10.9 Å². The van der Waals surface area contributed by atoms with Crippen LogP contribution in [0.4, 0.5) is 0 Å². The van der Waals surface area contributed by atoms with E-state index in [1.165, 1.54) is 37.3 Å². The number of sulfonamides is 1. The van der Waals surface area contributed by atoms with Crippen molar-refractivity contribution in [2.45, 2.75) is 31.2 Å². The van der Waals surface area contributed by atoms with E-state index in [0.29, 0.717) is 21.8 Å². The molecule has 1 atom stereocenters. The molecule has 1 aromatic heterocycles. The van der Waals surface area contributed by atoms with E-state index < -0.39 is 22.0 Å². The van der Waals surface area contributed by atoms with Crippen LogP contribution in [0.15, 0.2) is 82.8 Å². The molecule has 4 aromatic rings. The SMILES string of the molecule is CC(=O)OCCOc1ccc2nc(C(Cc3cccc(C(N)=NOC(C)=O)c3)NS(=O)(=O)c3ccccc3)sc2c1. The quantitative estimate of drug-likeness (QED) is 0.0621. The number of nitrogens with one attached hydrogen (secondary N) is 1. The van der Waals surface area contributed by atoms with E-state index in [1.807, 2.05) is 6.07 Å². The number of esters is 1. The van der Waals surface area contributed by atoms with Crippen molar-refractivity contribution in [1.29, 1.82) is 0 Å². The number of carbonyl (C=O) groups is 2. The number of hydrogen-bond acceptors (Lipinski definition) is 10. The average Bonchev–Trinajstić information content (AvgIpc) is 3.38. The van der Waals surface area contributed by atoms with Crippen molar-refractivity contribution in [3.63, 3.8) is 0 Å². The number of nitrogens with two attached hydrogens (primary N) is 1. The largest absolute Gasteiger partial charge is 0.490 e. The highest BCUT2D eigenvalue weighted by Gasteiger charge is 2.25. The summed E-state index contributed by atoms with van der Waals surface area (Å²) in [5.41, 5.74) is 7.90. The second kappa shape index (κ2) is 13.4. The minimum Gasteiger partial charge on any atom is -0.490 e. The third-order valence-electron chi connectivity index (χ3n) is 5.62. The summed E-state index contributed by atoms with van der Waals surface area (Å²) < 4.78 is 40.8. The topological polar surface area (TPSA) is 159 Å². The molecule has 0 spiro atoms. The van der Waals surface area contributed by atoms with Crippen LogP contribution in [0.3, 0.4) is 0 Å². The van der Waals surface area contributed by atoms with Gasteiger partial charge in [-0.1, -0.05) is 41.6 Å². The van der Waals surface area contributed by atoms with E-state index in [4.69, 9.17) is 20.2 Å². The number of nitrogens with zero attached hydrogens (tertiary/aromatic N) is 2. The lowest BCUT2D eigenvalue weighted by Gasteiger charge is -2.17. The summed E-state index contributed by atoms with van der Waals surface area (Å²) in [7, 11) is -3.90. The average molecular weight is 597 g/mol. The summed E-state index contributed by atoms with van der Waals surface area (Å²) in [5, 5.41) is 4.18. The maximum atomic E-state index is 13.3. The van der Waals surface area contributed by atoms with E-state index in [-0.39, 0.29) is 36.3 Å². The first-order valence-corrected chi connectivity index (χ1v) is 14.7. The first kappa shape index (κ1) is 29.6. The smallest absolute Gasteiger partial charge is 0.332 e. The zero-order chi connectivity index (χ0) is 29.4. The van der Waals surface area contributed by atoms with Crippen LogP contribution in [0.25, 0.3) is 10.2 Å². The van der Waals surface area contributed by atoms with Crippen LogP contribution in [0.2, 0.25) is 0 Å². The molecule has 0 saturated heterocycles. The molecular formula is C28H28N4O7S2. The first-order valence-electron chi connectivity index (χ1n) is 12.4. The molecule has 0 aliphatic carbocycles. The van der Waals surface area contributed by atoms with Crippen LogP contribution in [0.5, 0.6) is 5.75 Å². The van der Waals surface area contributed by atoms with Crippen LogP contribution < -0.4 is 15.2 Å². The van der Waals surface area contributed by atoms with Gasteiger partial charge in [-0.05, 0) is 48.4 Å². The van der Waals surface area contributed by atoms with Gasteiger partial charge in [0.2, 0.25) is 10.0 Å². The highest BCUT2D eigenvalue weighted by molar-refractivity contribution is 7.89. The molecule has 11 nitrogen and oxygen atoms in total. The molecule has 4 rings (SSSR count). The van der Waals surface area contributed by atoms with Gasteiger partial charge in [0.25, 0.3) is 0 Å². The van der Waals surface area contributed by atoms with Gasteiger partial charge in [-0.2, -0.15) is 0 Å². The number of ether oxygens (including phenoxy) is 2. The van der Waals surface area contributed by atoms with Crippen molar-refractivity contribution >= 4 is 49.4 Å². The molecule has 0 radical (unpaired) electrons. The van der Waals surface area contributed by atoms with Gasteiger partial charge in [0.05, 0.1) is 21.2 Å². The molecule has 0 saturated carbocycles. The van der Waals surface area contributed by atoms with Crippen LogP contribution >= 0.6 is 11.3 Å². The molecule has 0 bridgehead atoms. The Bertz CT molecular complexity index is 1670. The Labute approximate surface area is 241 Å². The monoisotopic (exact) mass is 596 g/mol. The number of aromatic nitrogens is 1. The second-order valence-corrected chi connectivity index (χ2v) is 11.6. The van der Waals surface area contributed by atoms with E-state index in [1.54, 1.807) is 54.6 Å². The number of carbonyl (C=O) groups excluding carboxylic acids is 2. The van der Waals surface area contributed by atoms with Crippen molar-refractivity contribution in [3.8, 4) is 5.75 Å². The van der Waals surface area contributed by atoms with Gasteiger partial charge in [0.1, 0.15) is 24.0 Å². The van der Waals surface area contributed by atoms with Crippen molar-refractivity contribution < 1.29 is 32.3 Å². The van der Waals surface area contributed by atoms with Gasteiger partial charge in [-0.3, -0.25) is 4.79 Å². The van der Waals surface area contributed by atoms with Crippen LogP contribution in [-0.4, -0.2) is 44.4 Å². The standard InChI is InChI=1S/C28H28N4O7S2/c1-18(33)37-13-14-38-22-11-12-24-26(17-22)40-28(30-24)25(32-41(35,36)23-9-4-3-5-10-23)16-20-7-6-8-21(15-20)27(29)31-39-19(2)34/h3-12,15,17,25,32H,13-14,16H2,1-2H3,(H2,29,31). The summed E-state index contributed by atoms with van der Waals surface area (Å²) in [6.45, 7) is 2.86. The predicted molar refractivity (Wildman–Crippen MR) is 154 cm³/mol. The minimum atomic E-state index is -3.90. The summed E-state index contributed by atoms with van der Waals surface area (Å²) in [6.07, 6.45) is 0.242. The summed E-state index contributed by atoms with van der Waals surface area (Å²) in [4.78, 5) is 31.5. The van der Waals surface area contributed by atoms with E-state index in [9.17, 15) is 18.0 Å². The van der Waals surface area contributed by atoms with Gasteiger partial charge in [-0.15, -0.1) is 11.3 Å². The molecule has 0 aliphatic heterocycles. The number of amidine groups is 1. The molecule has 13 heteroatoms. The van der Waals surface area contributed by atoms with Crippen LogP contribution in [0, 0.1) is 0 Å². The highest BCUT2D eigenvalue weighted by Crippen LogP contribution is 2.32. The number of benzene rings is 3. The molecule has 0 amide bonds. The zero-order valence-corrected chi connectivity index (χ0v) is 23.9. The molecule has 0 fully saturated rings. The highest BCUT2D eigenvalue weighted by atomic mass is 32.2. The molecule has 3 N–H and O–H groups in total. The first-order chi connectivity index (χ1) is 19.6. The lowest BCUT2D eigenvalue weighted by molar-refractivity contribution is -0.142. The number of rotatable bonds is 12. The Morgan fingerprint density at radius 3 is 2.51 bits per heavy atom. The van der Waals surface area contributed by atoms with E-state index in [0.717, 1.165) is 10.3 Å². The molecular weight excluding hydrogens is 568 g/mol. The fourth-order valence-electron chi connectivity index (χ4n) is 3.80. The fraction of sp³-hybridized carbons (Fsp3) is 0.214. The van der Waals surface area contributed by atoms with Crippen molar-refractivity contribution in [3.05, 3.63) is 88.9 Å². The van der Waals surface area contributed by atoms with Gasteiger partial charge in [0.15, 0.2) is 5.84 Å². The van der Waals surface area contributed by atoms with Gasteiger partial charge >= 0.3 is 11.9 Å². The van der Waals surface area contributed by atoms with E-state index in [2.05, 4.69) is 14.7 Å². The normalized spacial score (nSPS) is 12.6. The van der Waals surface area contributed by atoms with Crippen molar-refractivity contribution in [1.82, 2.24) is 9.71 Å². The van der Waals surface area contributed by atoms with E-state index >= 15 is 0 Å². The fourth-order valence-corrected chi connectivity index (χ4v) is 6.14. The minimum absolute atomic E-state index is 0.00434. The third kappa shape index (κ3) is 8.33. The summed E-state index contributed by atoms with van der Waals surface area (Å²) in [6, 6.07) is 19.7. The van der Waals surface area contributed by atoms with Gasteiger partial charge < -0.3 is 20.0 Å². The molecule has 0 aliphatic rings. The molecule has 1 heterocycles. The molecule has 3 aromatic carbocycles. The second-order valence-electron chi connectivity index (χ2n) is 8.82. The number of thiazole rings is 1. The number of oxime groups is 1. The zero-order valence-electron chi connectivity index (χ0n) is 22.3. The molecule has 41 heavy (non-hydrogen) atoms. The van der Waals surface area contributed by atoms with Gasteiger partial charge in [-0.25, -0.2) is 22.9 Å². The van der Waals surface area contributed by atoms with Crippen LogP contribution in [-0.2, 0) is 35.6 Å². The predicted octanol–water partition coefficient (Wildman–Crippen LogP) is 3.68. The Kier molecular flexibility index (Phi) is 9.65. The Hall–Kier alpha value is -4.33. The van der Waals surface area contributed by atoms with Gasteiger partial charge in [0, 0.05) is 19.4 Å². The lowest BCUT2D eigenvalue weighted by Crippen LogP contribution is -2.30. The number of fused-ring (bicyclic) bond motifs is 1. The maximum absolute atomic E-state index is 13.3. The lowest BCUT2D eigenvalue weighted by atomic mass is 10.0. The van der Waals surface area contributed by atoms with Crippen molar-refractivity contribution in [2.75, 3.05) is 13.2 Å². The van der Waals surface area contributed by atoms with Crippen LogP contribution in [0.1, 0.15) is 36.0 Å². The summed E-state index contributed by atoms with van der Waals surface area (Å²) in [5.74, 6) is -0.417. The molecule has 1 unspecified atom stereocenters. The Balaban J connectivity index is 1.64. The molecule has 214 valence electrons.